The quantitative estimate of drug-likeness (QED) is 0.886. The van der Waals surface area contributed by atoms with Crippen molar-refractivity contribution < 1.29 is 4.42 Å². The van der Waals surface area contributed by atoms with Crippen LogP contribution in [0.2, 0.25) is 0 Å². The third-order valence-corrected chi connectivity index (χ3v) is 3.13. The summed E-state index contributed by atoms with van der Waals surface area (Å²) in [4.78, 5) is 6.95. The average Bonchev–Trinajstić information content (AvgIpc) is 2.88. The highest BCUT2D eigenvalue weighted by molar-refractivity contribution is 5.12. The molecule has 2 rings (SSSR count). The first kappa shape index (κ1) is 15.7. The van der Waals surface area contributed by atoms with Gasteiger partial charge in [-0.2, -0.15) is 0 Å². The van der Waals surface area contributed by atoms with Crippen molar-refractivity contribution in [1.29, 1.82) is 0 Å². The molecule has 0 unspecified atom stereocenters. The van der Waals surface area contributed by atoms with E-state index >= 15 is 0 Å². The van der Waals surface area contributed by atoms with Gasteiger partial charge in [-0.05, 0) is 46.0 Å². The molecule has 0 radical (unpaired) electrons. The summed E-state index contributed by atoms with van der Waals surface area (Å²) in [7, 11) is 2.09. The molecule has 114 valence electrons. The van der Waals surface area contributed by atoms with Crippen LogP contribution in [0.5, 0.6) is 0 Å². The number of furan rings is 1. The van der Waals surface area contributed by atoms with Crippen molar-refractivity contribution in [3.05, 3.63) is 53.7 Å². The van der Waals surface area contributed by atoms with E-state index in [1.54, 1.807) is 12.5 Å². The zero-order valence-electron chi connectivity index (χ0n) is 13.4. The Bertz CT molecular complexity index is 543. The predicted octanol–water partition coefficient (Wildman–Crippen LogP) is 3.19. The number of nitrogens with one attached hydrogen (secondary N) is 1. The molecular formula is C17H25N3O. The Balaban J connectivity index is 1.91. The molecular weight excluding hydrogens is 262 g/mol. The van der Waals surface area contributed by atoms with Gasteiger partial charge in [-0.15, -0.1) is 0 Å². The first-order chi connectivity index (χ1) is 9.92. The minimum Gasteiger partial charge on any atom is -0.472 e. The zero-order valence-corrected chi connectivity index (χ0v) is 13.4. The van der Waals surface area contributed by atoms with E-state index in [9.17, 15) is 0 Å². The van der Waals surface area contributed by atoms with Gasteiger partial charge in [-0.1, -0.05) is 6.07 Å². The first-order valence-corrected chi connectivity index (χ1v) is 7.32. The molecule has 4 heteroatoms. The van der Waals surface area contributed by atoms with E-state index in [0.29, 0.717) is 0 Å². The number of hydrogen-bond donors (Lipinski definition) is 1. The molecule has 0 aliphatic rings. The van der Waals surface area contributed by atoms with Crippen molar-refractivity contribution in [3.8, 4) is 0 Å². The Labute approximate surface area is 127 Å². The summed E-state index contributed by atoms with van der Waals surface area (Å²) in [6.45, 7) is 8.97. The summed E-state index contributed by atoms with van der Waals surface area (Å²) in [5, 5.41) is 3.47. The molecule has 2 aromatic heterocycles. The van der Waals surface area contributed by atoms with E-state index in [-0.39, 0.29) is 5.54 Å². The number of nitrogens with zero attached hydrogens (tertiary/aromatic N) is 2. The Morgan fingerprint density at radius 1 is 1.14 bits per heavy atom. The van der Waals surface area contributed by atoms with Crippen molar-refractivity contribution in [2.75, 3.05) is 7.05 Å². The van der Waals surface area contributed by atoms with Gasteiger partial charge in [-0.25, -0.2) is 0 Å². The lowest BCUT2D eigenvalue weighted by molar-refractivity contribution is 0.313. The average molecular weight is 287 g/mol. The summed E-state index contributed by atoms with van der Waals surface area (Å²) in [5.41, 5.74) is 3.46. The molecule has 0 atom stereocenters. The van der Waals surface area contributed by atoms with Crippen LogP contribution in [0.25, 0.3) is 0 Å². The fourth-order valence-corrected chi connectivity index (χ4v) is 2.10. The van der Waals surface area contributed by atoms with Crippen LogP contribution in [-0.4, -0.2) is 22.5 Å². The maximum absolute atomic E-state index is 5.10. The van der Waals surface area contributed by atoms with Gasteiger partial charge in [0.2, 0.25) is 0 Å². The van der Waals surface area contributed by atoms with Crippen LogP contribution in [-0.2, 0) is 19.6 Å². The summed E-state index contributed by atoms with van der Waals surface area (Å²) in [5.74, 6) is 0. The minimum atomic E-state index is 0.107. The first-order valence-electron chi connectivity index (χ1n) is 7.32. The van der Waals surface area contributed by atoms with E-state index in [0.717, 1.165) is 31.0 Å². The van der Waals surface area contributed by atoms with Gasteiger partial charge >= 0.3 is 0 Å². The molecule has 1 N–H and O–H groups in total. The second-order valence-electron chi connectivity index (χ2n) is 6.53. The van der Waals surface area contributed by atoms with E-state index in [2.05, 4.69) is 56.2 Å². The summed E-state index contributed by atoms with van der Waals surface area (Å²) < 4.78 is 5.10. The Kier molecular flexibility index (Phi) is 5.15. The van der Waals surface area contributed by atoms with Gasteiger partial charge in [0.15, 0.2) is 0 Å². The van der Waals surface area contributed by atoms with Crippen LogP contribution < -0.4 is 5.32 Å². The smallest absolute Gasteiger partial charge is 0.0947 e. The molecule has 0 fully saturated rings. The fraction of sp³-hybridized carbons (Fsp3) is 0.471. The summed E-state index contributed by atoms with van der Waals surface area (Å²) in [6.07, 6.45) is 3.49. The Morgan fingerprint density at radius 3 is 2.57 bits per heavy atom. The van der Waals surface area contributed by atoms with Crippen LogP contribution in [0.4, 0.5) is 0 Å². The minimum absolute atomic E-state index is 0.107. The van der Waals surface area contributed by atoms with Gasteiger partial charge in [-0.3, -0.25) is 9.88 Å². The largest absolute Gasteiger partial charge is 0.472 e. The molecule has 0 bridgehead atoms. The van der Waals surface area contributed by atoms with Crippen molar-refractivity contribution >= 4 is 0 Å². The number of aromatic nitrogens is 1. The second-order valence-corrected chi connectivity index (χ2v) is 6.53. The topological polar surface area (TPSA) is 41.3 Å². The molecule has 21 heavy (non-hydrogen) atoms. The standard InChI is InChI=1S/C17H25N3O/c1-17(2,3)18-10-15-6-5-7-16(19-15)12-20(4)11-14-8-9-21-13-14/h5-9,13,18H,10-12H2,1-4H3. The van der Waals surface area contributed by atoms with E-state index in [1.165, 1.54) is 5.56 Å². The SMILES string of the molecule is CN(Cc1ccoc1)Cc1cccc(CNC(C)(C)C)n1. The molecule has 0 aliphatic heterocycles. The van der Waals surface area contributed by atoms with Crippen LogP contribution in [0.15, 0.2) is 41.2 Å². The van der Waals surface area contributed by atoms with Crippen LogP contribution in [0.3, 0.4) is 0 Å². The summed E-state index contributed by atoms with van der Waals surface area (Å²) >= 11 is 0. The molecule has 4 nitrogen and oxygen atoms in total. The highest BCUT2D eigenvalue weighted by atomic mass is 16.3. The lowest BCUT2D eigenvalue weighted by Gasteiger charge is -2.20. The molecule has 0 aromatic carbocycles. The fourth-order valence-electron chi connectivity index (χ4n) is 2.10. The van der Waals surface area contributed by atoms with Gasteiger partial charge in [0.05, 0.1) is 23.9 Å². The lowest BCUT2D eigenvalue weighted by atomic mass is 10.1. The van der Waals surface area contributed by atoms with E-state index in [1.807, 2.05) is 6.07 Å². The van der Waals surface area contributed by atoms with Crippen molar-refractivity contribution in [2.45, 2.75) is 45.9 Å². The Morgan fingerprint density at radius 2 is 1.90 bits per heavy atom. The van der Waals surface area contributed by atoms with Gasteiger partial charge in [0, 0.05) is 30.7 Å². The molecule has 0 amide bonds. The maximum atomic E-state index is 5.10. The molecule has 0 saturated carbocycles. The number of rotatable bonds is 6. The summed E-state index contributed by atoms with van der Waals surface area (Å²) in [6, 6.07) is 8.21. The molecule has 0 spiro atoms. The normalized spacial score (nSPS) is 12.0. The van der Waals surface area contributed by atoms with E-state index in [4.69, 9.17) is 9.40 Å². The monoisotopic (exact) mass is 287 g/mol. The third-order valence-electron chi connectivity index (χ3n) is 3.13. The molecule has 2 aromatic rings. The molecule has 0 aliphatic carbocycles. The van der Waals surface area contributed by atoms with Crippen molar-refractivity contribution in [3.63, 3.8) is 0 Å². The maximum Gasteiger partial charge on any atom is 0.0947 e. The predicted molar refractivity (Wildman–Crippen MR) is 84.7 cm³/mol. The lowest BCUT2D eigenvalue weighted by Crippen LogP contribution is -2.35. The van der Waals surface area contributed by atoms with Crippen LogP contribution in [0.1, 0.15) is 37.7 Å². The molecule has 0 saturated heterocycles. The number of hydrogen-bond acceptors (Lipinski definition) is 4. The van der Waals surface area contributed by atoms with Gasteiger partial charge in [0.1, 0.15) is 0 Å². The highest BCUT2D eigenvalue weighted by Gasteiger charge is 2.09. The molecule has 2 heterocycles. The second kappa shape index (κ2) is 6.87. The van der Waals surface area contributed by atoms with Crippen LogP contribution in [0, 0.1) is 0 Å². The van der Waals surface area contributed by atoms with Gasteiger partial charge in [0.25, 0.3) is 0 Å². The third kappa shape index (κ3) is 5.69. The van der Waals surface area contributed by atoms with Gasteiger partial charge < -0.3 is 9.73 Å². The number of pyridine rings is 1. The Hall–Kier alpha value is -1.65. The zero-order chi connectivity index (χ0) is 15.3. The highest BCUT2D eigenvalue weighted by Crippen LogP contribution is 2.09. The van der Waals surface area contributed by atoms with Crippen molar-refractivity contribution in [1.82, 2.24) is 15.2 Å². The van der Waals surface area contributed by atoms with Crippen LogP contribution >= 0.6 is 0 Å². The van der Waals surface area contributed by atoms with Crippen molar-refractivity contribution in [2.24, 2.45) is 0 Å². The van der Waals surface area contributed by atoms with E-state index < -0.39 is 0 Å².